The summed E-state index contributed by atoms with van der Waals surface area (Å²) < 4.78 is 0. The molecule has 2 unspecified atom stereocenters. The molecule has 0 aromatic carbocycles. The normalized spacial score (nSPS) is 27.2. The summed E-state index contributed by atoms with van der Waals surface area (Å²) in [6, 6.07) is 0.795. The van der Waals surface area contributed by atoms with Crippen LogP contribution in [0.25, 0.3) is 0 Å². The highest BCUT2D eigenvalue weighted by atomic mass is 14.9. The lowest BCUT2D eigenvalue weighted by molar-refractivity contribution is 0.172. The van der Waals surface area contributed by atoms with Crippen molar-refractivity contribution in [1.82, 2.24) is 5.32 Å². The summed E-state index contributed by atoms with van der Waals surface area (Å²) in [4.78, 5) is 0. The average Bonchev–Trinajstić information content (AvgIpc) is 2.44. The van der Waals surface area contributed by atoms with E-state index in [-0.39, 0.29) is 0 Å². The van der Waals surface area contributed by atoms with Gasteiger partial charge in [0.15, 0.2) is 0 Å². The van der Waals surface area contributed by atoms with Crippen molar-refractivity contribution < 1.29 is 0 Å². The lowest BCUT2D eigenvalue weighted by Gasteiger charge is -2.38. The molecule has 2 atom stereocenters. The largest absolute Gasteiger partial charge is 0.313 e. The molecular weight excluding hydrogens is 230 g/mol. The average molecular weight is 268 g/mol. The van der Waals surface area contributed by atoms with E-state index in [1.54, 1.807) is 0 Å². The SMILES string of the molecule is CCCCC(CC)C(NCCC)C1CCC(C)CC1. The van der Waals surface area contributed by atoms with E-state index in [2.05, 4.69) is 33.0 Å². The first-order valence-corrected chi connectivity index (χ1v) is 8.96. The fraction of sp³-hybridized carbons (Fsp3) is 1.00. The summed E-state index contributed by atoms with van der Waals surface area (Å²) in [5, 5.41) is 3.91. The van der Waals surface area contributed by atoms with E-state index in [0.29, 0.717) is 0 Å². The van der Waals surface area contributed by atoms with E-state index >= 15 is 0 Å². The molecule has 1 aliphatic carbocycles. The number of rotatable bonds is 9. The van der Waals surface area contributed by atoms with Crippen molar-refractivity contribution in [2.75, 3.05) is 6.54 Å². The summed E-state index contributed by atoms with van der Waals surface area (Å²) in [5.41, 5.74) is 0. The molecule has 114 valence electrons. The highest BCUT2D eigenvalue weighted by Gasteiger charge is 2.30. The summed E-state index contributed by atoms with van der Waals surface area (Å²) in [5.74, 6) is 2.83. The van der Waals surface area contributed by atoms with Crippen LogP contribution in [0.15, 0.2) is 0 Å². The minimum Gasteiger partial charge on any atom is -0.313 e. The van der Waals surface area contributed by atoms with E-state index in [0.717, 1.165) is 23.8 Å². The second kappa shape index (κ2) is 9.80. The van der Waals surface area contributed by atoms with Gasteiger partial charge in [0.2, 0.25) is 0 Å². The molecule has 0 amide bonds. The van der Waals surface area contributed by atoms with Gasteiger partial charge in [-0.15, -0.1) is 0 Å². The minimum absolute atomic E-state index is 0.795. The van der Waals surface area contributed by atoms with Crippen LogP contribution in [0.2, 0.25) is 0 Å². The molecule has 0 aromatic heterocycles. The van der Waals surface area contributed by atoms with Crippen molar-refractivity contribution in [3.63, 3.8) is 0 Å². The Bertz CT molecular complexity index is 201. The van der Waals surface area contributed by atoms with Gasteiger partial charge in [-0.3, -0.25) is 0 Å². The Hall–Kier alpha value is -0.0400. The minimum atomic E-state index is 0.795. The van der Waals surface area contributed by atoms with E-state index < -0.39 is 0 Å². The van der Waals surface area contributed by atoms with Crippen LogP contribution in [-0.4, -0.2) is 12.6 Å². The van der Waals surface area contributed by atoms with Crippen LogP contribution >= 0.6 is 0 Å². The zero-order valence-corrected chi connectivity index (χ0v) is 13.9. The van der Waals surface area contributed by atoms with Crippen molar-refractivity contribution in [2.45, 2.75) is 91.5 Å². The fourth-order valence-electron chi connectivity index (χ4n) is 3.78. The first-order chi connectivity index (χ1) is 9.22. The van der Waals surface area contributed by atoms with Crippen LogP contribution in [0, 0.1) is 17.8 Å². The molecule has 1 rings (SSSR count). The maximum atomic E-state index is 3.91. The van der Waals surface area contributed by atoms with Crippen molar-refractivity contribution in [3.05, 3.63) is 0 Å². The number of unbranched alkanes of at least 4 members (excludes halogenated alkanes) is 1. The second-order valence-electron chi connectivity index (χ2n) is 6.81. The quantitative estimate of drug-likeness (QED) is 0.590. The van der Waals surface area contributed by atoms with Crippen molar-refractivity contribution in [3.8, 4) is 0 Å². The van der Waals surface area contributed by atoms with E-state index in [1.807, 2.05) is 0 Å². The molecule has 1 N–H and O–H groups in total. The third-order valence-electron chi connectivity index (χ3n) is 5.16. The van der Waals surface area contributed by atoms with Crippen LogP contribution in [0.4, 0.5) is 0 Å². The van der Waals surface area contributed by atoms with Crippen molar-refractivity contribution in [1.29, 1.82) is 0 Å². The van der Waals surface area contributed by atoms with Gasteiger partial charge in [-0.1, -0.05) is 59.8 Å². The highest BCUT2D eigenvalue weighted by Crippen LogP contribution is 2.34. The number of nitrogens with one attached hydrogen (secondary N) is 1. The first-order valence-electron chi connectivity index (χ1n) is 8.96. The Morgan fingerprint density at radius 3 is 2.21 bits per heavy atom. The molecule has 0 aromatic rings. The fourth-order valence-corrected chi connectivity index (χ4v) is 3.78. The molecule has 0 saturated heterocycles. The Kier molecular flexibility index (Phi) is 8.77. The van der Waals surface area contributed by atoms with Crippen molar-refractivity contribution in [2.24, 2.45) is 17.8 Å². The zero-order chi connectivity index (χ0) is 14.1. The van der Waals surface area contributed by atoms with Crippen LogP contribution in [-0.2, 0) is 0 Å². The molecule has 1 heteroatoms. The predicted molar refractivity (Wildman–Crippen MR) is 86.5 cm³/mol. The Morgan fingerprint density at radius 2 is 1.68 bits per heavy atom. The smallest absolute Gasteiger partial charge is 0.0123 e. The summed E-state index contributed by atoms with van der Waals surface area (Å²) >= 11 is 0. The molecule has 0 radical (unpaired) electrons. The molecule has 0 spiro atoms. The van der Waals surface area contributed by atoms with Gasteiger partial charge < -0.3 is 5.32 Å². The first kappa shape index (κ1) is 17.0. The summed E-state index contributed by atoms with van der Waals surface area (Å²) in [6.07, 6.45) is 12.6. The standard InChI is InChI=1S/C18H37N/c1-5-8-9-16(7-3)18(19-14-6-2)17-12-10-15(4)11-13-17/h15-19H,5-14H2,1-4H3. The third kappa shape index (κ3) is 5.85. The van der Waals surface area contributed by atoms with Crippen LogP contribution in [0.5, 0.6) is 0 Å². The Labute approximate surface area is 121 Å². The third-order valence-corrected chi connectivity index (χ3v) is 5.16. The molecule has 0 heterocycles. The molecular formula is C18H37N. The van der Waals surface area contributed by atoms with Crippen LogP contribution < -0.4 is 5.32 Å². The second-order valence-corrected chi connectivity index (χ2v) is 6.81. The monoisotopic (exact) mass is 267 g/mol. The van der Waals surface area contributed by atoms with Gasteiger partial charge in [0, 0.05) is 6.04 Å². The number of hydrogen-bond donors (Lipinski definition) is 1. The number of hydrogen-bond acceptors (Lipinski definition) is 1. The van der Waals surface area contributed by atoms with E-state index in [9.17, 15) is 0 Å². The maximum Gasteiger partial charge on any atom is 0.0123 e. The molecule has 19 heavy (non-hydrogen) atoms. The summed E-state index contributed by atoms with van der Waals surface area (Å²) in [7, 11) is 0. The van der Waals surface area contributed by atoms with Crippen LogP contribution in [0.1, 0.15) is 85.5 Å². The van der Waals surface area contributed by atoms with Gasteiger partial charge in [0.05, 0.1) is 0 Å². The molecule has 0 bridgehead atoms. The van der Waals surface area contributed by atoms with Gasteiger partial charge in [-0.05, 0) is 50.0 Å². The molecule has 1 nitrogen and oxygen atoms in total. The van der Waals surface area contributed by atoms with Gasteiger partial charge in [0.25, 0.3) is 0 Å². The molecule has 0 aliphatic heterocycles. The van der Waals surface area contributed by atoms with E-state index in [1.165, 1.54) is 64.3 Å². The molecule has 1 aliphatic rings. The van der Waals surface area contributed by atoms with Gasteiger partial charge in [0.1, 0.15) is 0 Å². The maximum absolute atomic E-state index is 3.91. The van der Waals surface area contributed by atoms with Gasteiger partial charge in [-0.25, -0.2) is 0 Å². The predicted octanol–water partition coefficient (Wildman–Crippen LogP) is 5.40. The van der Waals surface area contributed by atoms with E-state index in [4.69, 9.17) is 0 Å². The lowest BCUT2D eigenvalue weighted by atomic mass is 9.74. The topological polar surface area (TPSA) is 12.0 Å². The molecule has 1 saturated carbocycles. The highest BCUT2D eigenvalue weighted by molar-refractivity contribution is 4.85. The Morgan fingerprint density at radius 1 is 1.00 bits per heavy atom. The van der Waals surface area contributed by atoms with Crippen LogP contribution in [0.3, 0.4) is 0 Å². The van der Waals surface area contributed by atoms with Crippen molar-refractivity contribution >= 4 is 0 Å². The van der Waals surface area contributed by atoms with Gasteiger partial charge in [-0.2, -0.15) is 0 Å². The summed E-state index contributed by atoms with van der Waals surface area (Å²) in [6.45, 7) is 10.6. The van der Waals surface area contributed by atoms with Gasteiger partial charge >= 0.3 is 0 Å². The lowest BCUT2D eigenvalue weighted by Crippen LogP contribution is -2.43. The Balaban J connectivity index is 2.57. The zero-order valence-electron chi connectivity index (χ0n) is 13.9. The molecule has 1 fully saturated rings.